The van der Waals surface area contributed by atoms with E-state index in [0.717, 1.165) is 11.4 Å². The summed E-state index contributed by atoms with van der Waals surface area (Å²) >= 11 is 6.04. The Labute approximate surface area is 99.5 Å². The van der Waals surface area contributed by atoms with Gasteiger partial charge in [0.15, 0.2) is 5.69 Å². The molecule has 6 heteroatoms. The van der Waals surface area contributed by atoms with Gasteiger partial charge in [-0.25, -0.2) is 5.32 Å². The van der Waals surface area contributed by atoms with Crippen molar-refractivity contribution in [3.63, 3.8) is 0 Å². The molecule has 1 radical (unpaired) electrons. The highest BCUT2D eigenvalue weighted by molar-refractivity contribution is 6.16. The number of fused-ring (bicyclic) bond motifs is 1. The first-order valence-corrected chi connectivity index (χ1v) is 5.39. The van der Waals surface area contributed by atoms with Crippen LogP contribution < -0.4 is 10.2 Å². The van der Waals surface area contributed by atoms with Gasteiger partial charge in [-0.05, 0) is 0 Å². The summed E-state index contributed by atoms with van der Waals surface area (Å²) in [5, 5.41) is 7.89. The molecule has 0 aliphatic carbocycles. The van der Waals surface area contributed by atoms with Crippen LogP contribution in [0.4, 0.5) is 5.69 Å². The number of carbonyl (C=O) groups is 1. The smallest absolute Gasteiger partial charge is 0.296 e. The van der Waals surface area contributed by atoms with Gasteiger partial charge in [-0.1, -0.05) is 20.8 Å². The molecule has 0 bridgehead atoms. The highest BCUT2D eigenvalue weighted by Crippen LogP contribution is 2.36. The normalized spacial score (nSPS) is 16.1. The Morgan fingerprint density at radius 3 is 2.56 bits per heavy atom. The zero-order valence-corrected chi connectivity index (χ0v) is 10.5. The van der Waals surface area contributed by atoms with E-state index in [2.05, 4.69) is 10.4 Å². The topological polar surface area (TPSA) is 52.2 Å². The summed E-state index contributed by atoms with van der Waals surface area (Å²) in [6, 6.07) is 0. The molecular weight excluding hydrogens is 228 g/mol. The van der Waals surface area contributed by atoms with E-state index in [0.29, 0.717) is 12.4 Å². The van der Waals surface area contributed by atoms with E-state index in [-0.39, 0.29) is 11.3 Å². The van der Waals surface area contributed by atoms with Crippen LogP contribution in [0.3, 0.4) is 0 Å². The molecule has 1 aromatic heterocycles. The van der Waals surface area contributed by atoms with Crippen molar-refractivity contribution in [2.24, 2.45) is 0 Å². The van der Waals surface area contributed by atoms with Gasteiger partial charge >= 0.3 is 0 Å². The van der Waals surface area contributed by atoms with Crippen LogP contribution >= 0.6 is 11.8 Å². The van der Waals surface area contributed by atoms with Gasteiger partial charge in [0, 0.05) is 24.2 Å². The van der Waals surface area contributed by atoms with Crippen molar-refractivity contribution >= 4 is 23.4 Å². The van der Waals surface area contributed by atoms with Gasteiger partial charge in [0.05, 0.1) is 11.4 Å². The number of halogens is 1. The molecule has 0 atom stereocenters. The standard InChI is InChI=1S/C10H14ClN4O/c1-10(2,3)8-7-6(13-15(8)11)9(16)12-5-14(7)4/h5H2,1-4H3. The van der Waals surface area contributed by atoms with E-state index >= 15 is 0 Å². The van der Waals surface area contributed by atoms with E-state index < -0.39 is 0 Å². The first kappa shape index (κ1) is 11.3. The number of hydrogen-bond acceptors (Lipinski definition) is 3. The van der Waals surface area contributed by atoms with Gasteiger partial charge in [0.25, 0.3) is 5.91 Å². The SMILES string of the molecule is CN1C[N]C(=O)c2nn(Cl)c(C(C)(C)C)c21. The fourth-order valence-electron chi connectivity index (χ4n) is 1.84. The summed E-state index contributed by atoms with van der Waals surface area (Å²) in [6.45, 7) is 6.46. The Hall–Kier alpha value is -1.23. The summed E-state index contributed by atoms with van der Waals surface area (Å²) in [4.78, 5) is 13.5. The van der Waals surface area contributed by atoms with Crippen molar-refractivity contribution in [2.45, 2.75) is 26.2 Å². The van der Waals surface area contributed by atoms with Crippen molar-refractivity contribution in [1.82, 2.24) is 14.6 Å². The molecular formula is C10H14ClN4O. The maximum Gasteiger partial charge on any atom is 0.296 e. The molecule has 1 aromatic rings. The number of carbonyl (C=O) groups excluding carboxylic acids is 1. The molecule has 1 amide bonds. The molecule has 0 saturated heterocycles. The Balaban J connectivity index is 2.68. The van der Waals surface area contributed by atoms with Crippen molar-refractivity contribution in [1.29, 1.82) is 0 Å². The molecule has 16 heavy (non-hydrogen) atoms. The highest BCUT2D eigenvalue weighted by atomic mass is 35.5. The van der Waals surface area contributed by atoms with Gasteiger partial charge in [-0.15, -0.1) is 5.10 Å². The van der Waals surface area contributed by atoms with Crippen LogP contribution in [-0.4, -0.2) is 28.9 Å². The monoisotopic (exact) mass is 241 g/mol. The molecule has 5 nitrogen and oxygen atoms in total. The minimum absolute atomic E-state index is 0.172. The first-order chi connectivity index (χ1) is 7.32. The van der Waals surface area contributed by atoms with Gasteiger partial charge in [0.1, 0.15) is 6.67 Å². The molecule has 0 N–H and O–H groups in total. The molecule has 0 unspecified atom stereocenters. The number of aromatic nitrogens is 2. The second-order valence-electron chi connectivity index (χ2n) is 4.96. The predicted octanol–water partition coefficient (Wildman–Crippen LogP) is 1.33. The maximum atomic E-state index is 11.6. The predicted molar refractivity (Wildman–Crippen MR) is 61.9 cm³/mol. The molecule has 1 aliphatic heterocycles. The summed E-state index contributed by atoms with van der Waals surface area (Å²) in [5.41, 5.74) is 1.81. The molecule has 0 spiro atoms. The minimum atomic E-state index is -0.294. The summed E-state index contributed by atoms with van der Waals surface area (Å²) < 4.78 is 1.26. The van der Waals surface area contributed by atoms with Crippen molar-refractivity contribution < 1.29 is 4.79 Å². The summed E-state index contributed by atoms with van der Waals surface area (Å²) in [7, 11) is 1.88. The van der Waals surface area contributed by atoms with Gasteiger partial charge in [-0.3, -0.25) is 4.79 Å². The average molecular weight is 242 g/mol. The molecule has 2 rings (SSSR count). The Morgan fingerprint density at radius 2 is 2.00 bits per heavy atom. The fraction of sp³-hybridized carbons (Fsp3) is 0.600. The maximum absolute atomic E-state index is 11.6. The number of anilines is 1. The highest BCUT2D eigenvalue weighted by Gasteiger charge is 2.35. The Morgan fingerprint density at radius 1 is 1.38 bits per heavy atom. The lowest BCUT2D eigenvalue weighted by molar-refractivity contribution is 0.0938. The third-order valence-electron chi connectivity index (χ3n) is 2.54. The minimum Gasteiger partial charge on any atom is -0.352 e. The number of hydrogen-bond donors (Lipinski definition) is 0. The van der Waals surface area contributed by atoms with Gasteiger partial charge < -0.3 is 4.90 Å². The number of rotatable bonds is 0. The third-order valence-corrected chi connectivity index (χ3v) is 2.79. The second kappa shape index (κ2) is 3.38. The fourth-order valence-corrected chi connectivity index (χ4v) is 2.25. The van der Waals surface area contributed by atoms with Gasteiger partial charge in [-0.2, -0.15) is 4.20 Å². The van der Waals surface area contributed by atoms with Crippen LogP contribution in [0.2, 0.25) is 0 Å². The summed E-state index contributed by atoms with van der Waals surface area (Å²) in [5.74, 6) is -0.294. The molecule has 0 saturated carbocycles. The van der Waals surface area contributed by atoms with Crippen molar-refractivity contribution in [3.8, 4) is 0 Å². The Kier molecular flexibility index (Phi) is 2.38. The van der Waals surface area contributed by atoms with E-state index in [4.69, 9.17) is 11.8 Å². The van der Waals surface area contributed by atoms with E-state index in [1.165, 1.54) is 4.20 Å². The molecule has 0 fully saturated rings. The molecule has 0 aromatic carbocycles. The number of amides is 1. The molecule has 2 heterocycles. The number of nitrogens with zero attached hydrogens (tertiary/aromatic N) is 4. The van der Waals surface area contributed by atoms with Crippen LogP contribution in [0.5, 0.6) is 0 Å². The lowest BCUT2D eigenvalue weighted by atomic mass is 9.90. The largest absolute Gasteiger partial charge is 0.352 e. The summed E-state index contributed by atoms with van der Waals surface area (Å²) in [6.07, 6.45) is 0. The van der Waals surface area contributed by atoms with E-state index in [1.807, 2.05) is 32.7 Å². The average Bonchev–Trinajstić information content (AvgIpc) is 2.49. The van der Waals surface area contributed by atoms with Crippen LogP contribution in [0.25, 0.3) is 0 Å². The lowest BCUT2D eigenvalue weighted by Gasteiger charge is -2.27. The Bertz CT molecular complexity index is 446. The third kappa shape index (κ3) is 1.55. The van der Waals surface area contributed by atoms with E-state index in [9.17, 15) is 4.79 Å². The van der Waals surface area contributed by atoms with Crippen LogP contribution in [0, 0.1) is 0 Å². The van der Waals surface area contributed by atoms with Crippen LogP contribution in [-0.2, 0) is 5.41 Å². The zero-order valence-electron chi connectivity index (χ0n) is 9.78. The van der Waals surface area contributed by atoms with Crippen molar-refractivity contribution in [2.75, 3.05) is 18.6 Å². The lowest BCUT2D eigenvalue weighted by Crippen LogP contribution is -2.37. The van der Waals surface area contributed by atoms with E-state index in [1.54, 1.807) is 0 Å². The van der Waals surface area contributed by atoms with Crippen LogP contribution in [0.15, 0.2) is 0 Å². The van der Waals surface area contributed by atoms with Gasteiger partial charge in [0.2, 0.25) is 0 Å². The van der Waals surface area contributed by atoms with Crippen molar-refractivity contribution in [3.05, 3.63) is 11.4 Å². The first-order valence-electron chi connectivity index (χ1n) is 5.05. The molecule has 1 aliphatic rings. The quantitative estimate of drug-likeness (QED) is 0.689. The van der Waals surface area contributed by atoms with Crippen LogP contribution in [0.1, 0.15) is 37.0 Å². The molecule has 87 valence electrons. The second-order valence-corrected chi connectivity index (χ2v) is 5.28. The zero-order chi connectivity index (χ0) is 12.1.